The Morgan fingerprint density at radius 1 is 1.28 bits per heavy atom. The Morgan fingerprint density at radius 3 is 2.48 bits per heavy atom. The molecule has 1 aromatic carbocycles. The SMILES string of the molecule is COc1ccc(Cl)cc1S(=O)(=O)N1CC(N2CCC(C(N)=O)CC2)C1. The van der Waals surface area contributed by atoms with Gasteiger partial charge in [-0.3, -0.25) is 9.69 Å². The first-order valence-electron chi connectivity index (χ1n) is 8.20. The van der Waals surface area contributed by atoms with E-state index in [2.05, 4.69) is 4.90 Å². The van der Waals surface area contributed by atoms with Crippen LogP contribution in [0, 0.1) is 5.92 Å². The Morgan fingerprint density at radius 2 is 1.92 bits per heavy atom. The lowest BCUT2D eigenvalue weighted by Gasteiger charge is -2.46. The number of piperidine rings is 1. The van der Waals surface area contributed by atoms with Crippen LogP contribution in [0.3, 0.4) is 0 Å². The molecule has 2 aliphatic rings. The van der Waals surface area contributed by atoms with Crippen molar-refractivity contribution in [2.24, 2.45) is 11.7 Å². The molecular formula is C16H22ClN3O4S. The third-order valence-corrected chi connectivity index (χ3v) is 7.11. The molecule has 2 fully saturated rings. The predicted octanol–water partition coefficient (Wildman–Crippen LogP) is 0.919. The number of rotatable bonds is 5. The molecule has 1 amide bonds. The molecule has 0 radical (unpaired) electrons. The van der Waals surface area contributed by atoms with Crippen molar-refractivity contribution in [2.75, 3.05) is 33.3 Å². The average Bonchev–Trinajstić information content (AvgIpc) is 2.53. The summed E-state index contributed by atoms with van der Waals surface area (Å²) in [5.41, 5.74) is 5.35. The molecule has 0 saturated carbocycles. The third-order valence-electron chi connectivity index (χ3n) is 5.02. The fourth-order valence-electron chi connectivity index (χ4n) is 3.38. The molecule has 2 heterocycles. The van der Waals surface area contributed by atoms with Gasteiger partial charge in [0.25, 0.3) is 0 Å². The van der Waals surface area contributed by atoms with Gasteiger partial charge in [-0.05, 0) is 44.1 Å². The molecule has 9 heteroatoms. The van der Waals surface area contributed by atoms with E-state index in [4.69, 9.17) is 22.1 Å². The zero-order valence-corrected chi connectivity index (χ0v) is 15.6. The van der Waals surface area contributed by atoms with Gasteiger partial charge in [-0.1, -0.05) is 11.6 Å². The Hall–Kier alpha value is -1.35. The molecule has 0 bridgehead atoms. The lowest BCUT2D eigenvalue weighted by molar-refractivity contribution is -0.123. The molecule has 0 unspecified atom stereocenters. The van der Waals surface area contributed by atoms with E-state index in [1.165, 1.54) is 17.5 Å². The fourth-order valence-corrected chi connectivity index (χ4v) is 5.32. The number of hydrogen-bond donors (Lipinski definition) is 1. The number of halogens is 1. The topological polar surface area (TPSA) is 92.9 Å². The standard InChI is InChI=1S/C16H22ClN3O4S/c1-24-14-3-2-12(17)8-15(14)25(22,23)20-9-13(10-20)19-6-4-11(5-7-19)16(18)21/h2-3,8,11,13H,4-7,9-10H2,1H3,(H2,18,21). The molecule has 1 aromatic rings. The highest BCUT2D eigenvalue weighted by molar-refractivity contribution is 7.89. The molecule has 0 spiro atoms. The van der Waals surface area contributed by atoms with Crippen LogP contribution in [0.4, 0.5) is 0 Å². The van der Waals surface area contributed by atoms with Crippen LogP contribution in [-0.4, -0.2) is 62.9 Å². The Labute approximate surface area is 152 Å². The average molecular weight is 388 g/mol. The molecule has 0 atom stereocenters. The van der Waals surface area contributed by atoms with Crippen LogP contribution >= 0.6 is 11.6 Å². The largest absolute Gasteiger partial charge is 0.495 e. The molecule has 0 aliphatic carbocycles. The van der Waals surface area contributed by atoms with Crippen LogP contribution in [0.5, 0.6) is 5.75 Å². The summed E-state index contributed by atoms with van der Waals surface area (Å²) in [5.74, 6) is -0.0208. The molecule has 2 aliphatic heterocycles. The summed E-state index contributed by atoms with van der Waals surface area (Å²) in [5, 5.41) is 0.352. The quantitative estimate of drug-likeness (QED) is 0.810. The third kappa shape index (κ3) is 3.62. The van der Waals surface area contributed by atoms with Gasteiger partial charge >= 0.3 is 0 Å². The van der Waals surface area contributed by atoms with E-state index in [1.807, 2.05) is 0 Å². The zero-order valence-electron chi connectivity index (χ0n) is 14.0. The second-order valence-corrected chi connectivity index (χ2v) is 8.83. The number of primary amides is 1. The van der Waals surface area contributed by atoms with Crippen LogP contribution < -0.4 is 10.5 Å². The highest BCUT2D eigenvalue weighted by atomic mass is 35.5. The lowest BCUT2D eigenvalue weighted by Crippen LogP contribution is -2.62. The number of ether oxygens (including phenoxy) is 1. The van der Waals surface area contributed by atoms with E-state index in [0.717, 1.165) is 25.9 Å². The Kier molecular flexibility index (Phi) is 5.24. The summed E-state index contributed by atoms with van der Waals surface area (Å²) in [4.78, 5) is 13.6. The monoisotopic (exact) mass is 387 g/mol. The number of hydrogen-bond acceptors (Lipinski definition) is 5. The van der Waals surface area contributed by atoms with Gasteiger partial charge < -0.3 is 10.5 Å². The normalized spacial score (nSPS) is 21.0. The summed E-state index contributed by atoms with van der Waals surface area (Å²) < 4.78 is 32.2. The van der Waals surface area contributed by atoms with Crippen LogP contribution in [-0.2, 0) is 14.8 Å². The van der Waals surface area contributed by atoms with Gasteiger partial charge in [-0.15, -0.1) is 0 Å². The number of methoxy groups -OCH3 is 1. The lowest BCUT2D eigenvalue weighted by atomic mass is 9.94. The van der Waals surface area contributed by atoms with Crippen molar-refractivity contribution >= 4 is 27.5 Å². The van der Waals surface area contributed by atoms with Crippen LogP contribution in [0.15, 0.2) is 23.1 Å². The molecule has 25 heavy (non-hydrogen) atoms. The molecule has 2 N–H and O–H groups in total. The molecule has 2 saturated heterocycles. The highest BCUT2D eigenvalue weighted by Gasteiger charge is 2.41. The molecular weight excluding hydrogens is 366 g/mol. The van der Waals surface area contributed by atoms with Crippen LogP contribution in [0.25, 0.3) is 0 Å². The second kappa shape index (κ2) is 7.11. The second-order valence-electron chi connectivity index (χ2n) is 6.48. The number of sulfonamides is 1. The first kappa shape index (κ1) is 18.4. The minimum Gasteiger partial charge on any atom is -0.495 e. The summed E-state index contributed by atoms with van der Waals surface area (Å²) >= 11 is 5.95. The van der Waals surface area contributed by atoms with Crippen molar-refractivity contribution in [3.63, 3.8) is 0 Å². The van der Waals surface area contributed by atoms with Crippen molar-refractivity contribution in [3.8, 4) is 5.75 Å². The minimum atomic E-state index is -3.64. The summed E-state index contributed by atoms with van der Waals surface area (Å²) in [7, 11) is -2.21. The number of nitrogens with two attached hydrogens (primary N) is 1. The van der Waals surface area contributed by atoms with E-state index in [1.54, 1.807) is 12.1 Å². The van der Waals surface area contributed by atoms with Gasteiger partial charge in [-0.25, -0.2) is 8.42 Å². The zero-order chi connectivity index (χ0) is 18.2. The highest BCUT2D eigenvalue weighted by Crippen LogP contribution is 2.33. The predicted molar refractivity (Wildman–Crippen MR) is 94.0 cm³/mol. The van der Waals surface area contributed by atoms with Gasteiger partial charge in [-0.2, -0.15) is 4.31 Å². The van der Waals surface area contributed by atoms with E-state index >= 15 is 0 Å². The van der Waals surface area contributed by atoms with Crippen molar-refractivity contribution in [1.29, 1.82) is 0 Å². The van der Waals surface area contributed by atoms with Crippen molar-refractivity contribution < 1.29 is 17.9 Å². The maximum Gasteiger partial charge on any atom is 0.246 e. The van der Waals surface area contributed by atoms with Crippen molar-refractivity contribution in [2.45, 2.75) is 23.8 Å². The van der Waals surface area contributed by atoms with E-state index in [9.17, 15) is 13.2 Å². The van der Waals surface area contributed by atoms with Crippen LogP contribution in [0.2, 0.25) is 5.02 Å². The van der Waals surface area contributed by atoms with Gasteiger partial charge in [0.2, 0.25) is 15.9 Å². The maximum atomic E-state index is 12.8. The smallest absolute Gasteiger partial charge is 0.246 e. The van der Waals surface area contributed by atoms with Gasteiger partial charge in [0.1, 0.15) is 10.6 Å². The number of carbonyl (C=O) groups excluding carboxylic acids is 1. The van der Waals surface area contributed by atoms with Gasteiger partial charge in [0.05, 0.1) is 7.11 Å². The Bertz CT molecular complexity index is 757. The van der Waals surface area contributed by atoms with Gasteiger partial charge in [0.15, 0.2) is 0 Å². The molecule has 3 rings (SSSR count). The van der Waals surface area contributed by atoms with Crippen molar-refractivity contribution in [3.05, 3.63) is 23.2 Å². The summed E-state index contributed by atoms with van der Waals surface area (Å²) in [6.45, 7) is 2.40. The summed E-state index contributed by atoms with van der Waals surface area (Å²) in [6.07, 6.45) is 1.47. The van der Waals surface area contributed by atoms with Gasteiger partial charge in [0, 0.05) is 30.1 Å². The molecule has 0 aromatic heterocycles. The van der Waals surface area contributed by atoms with E-state index in [-0.39, 0.29) is 28.5 Å². The number of likely N-dealkylation sites (tertiary alicyclic amines) is 1. The fraction of sp³-hybridized carbons (Fsp3) is 0.562. The van der Waals surface area contributed by atoms with Crippen LogP contribution in [0.1, 0.15) is 12.8 Å². The number of benzene rings is 1. The number of nitrogens with zero attached hydrogens (tertiary/aromatic N) is 2. The first-order chi connectivity index (χ1) is 11.8. The van der Waals surface area contributed by atoms with E-state index < -0.39 is 10.0 Å². The number of amides is 1. The van der Waals surface area contributed by atoms with E-state index in [0.29, 0.717) is 18.1 Å². The number of carbonyl (C=O) groups is 1. The first-order valence-corrected chi connectivity index (χ1v) is 10.0. The minimum absolute atomic E-state index is 0.0631. The molecule has 7 nitrogen and oxygen atoms in total. The molecule has 138 valence electrons. The summed E-state index contributed by atoms with van der Waals surface area (Å²) in [6, 6.07) is 4.75. The van der Waals surface area contributed by atoms with Crippen molar-refractivity contribution in [1.82, 2.24) is 9.21 Å². The maximum absolute atomic E-state index is 12.8. The Balaban J connectivity index is 1.64.